The zero-order valence-corrected chi connectivity index (χ0v) is 8.59. The first kappa shape index (κ1) is 9.68. The molecule has 14 heavy (non-hydrogen) atoms. The molecule has 2 rings (SSSR count). The van der Waals surface area contributed by atoms with Crippen molar-refractivity contribution in [3.8, 4) is 0 Å². The van der Waals surface area contributed by atoms with Gasteiger partial charge in [-0.05, 0) is 41.1 Å². The van der Waals surface area contributed by atoms with Crippen molar-refractivity contribution < 1.29 is 9.90 Å². The first-order valence-electron chi connectivity index (χ1n) is 4.74. The molecule has 0 radical (unpaired) electrons. The summed E-state index contributed by atoms with van der Waals surface area (Å²) in [7, 11) is 0. The van der Waals surface area contributed by atoms with Gasteiger partial charge in [0.15, 0.2) is 0 Å². The molecule has 3 nitrogen and oxygen atoms in total. The van der Waals surface area contributed by atoms with Crippen LogP contribution in [0.2, 0.25) is 0 Å². The number of thiophene rings is 1. The summed E-state index contributed by atoms with van der Waals surface area (Å²) in [6.07, 6.45) is 2.10. The molecular weight excluding hydrogens is 198 g/mol. The molecule has 0 bridgehead atoms. The molecule has 4 heteroatoms. The third kappa shape index (κ3) is 2.33. The van der Waals surface area contributed by atoms with Gasteiger partial charge < -0.3 is 10.4 Å². The average Bonchev–Trinajstić information content (AvgIpc) is 2.82. The van der Waals surface area contributed by atoms with Crippen molar-refractivity contribution in [2.45, 2.75) is 25.4 Å². The van der Waals surface area contributed by atoms with Crippen molar-refractivity contribution in [1.82, 2.24) is 5.32 Å². The quantitative estimate of drug-likeness (QED) is 0.779. The number of aliphatic carboxylic acids is 1. The van der Waals surface area contributed by atoms with E-state index in [0.717, 1.165) is 12.8 Å². The molecule has 0 saturated heterocycles. The molecule has 2 N–H and O–H groups in total. The summed E-state index contributed by atoms with van der Waals surface area (Å²) >= 11 is 1.64. The minimum Gasteiger partial charge on any atom is -0.480 e. The maximum atomic E-state index is 10.9. The lowest BCUT2D eigenvalue weighted by Gasteiger charge is -2.12. The predicted octanol–water partition coefficient (Wildman–Crippen LogP) is 1.70. The molecule has 1 aromatic rings. The molecular formula is C10H13NO2S. The molecule has 1 atom stereocenters. The Morgan fingerprint density at radius 2 is 2.50 bits per heavy atom. The Kier molecular flexibility index (Phi) is 2.84. The molecule has 0 amide bonds. The highest BCUT2D eigenvalue weighted by Gasteiger charge is 2.35. The van der Waals surface area contributed by atoms with Crippen LogP contribution in [0, 0.1) is 5.92 Å². The number of rotatable bonds is 5. The van der Waals surface area contributed by atoms with Crippen LogP contribution in [0.3, 0.4) is 0 Å². The minimum absolute atomic E-state index is 0.352. The number of carbonyl (C=O) groups is 1. The lowest BCUT2D eigenvalue weighted by Crippen LogP contribution is -2.37. The fourth-order valence-electron chi connectivity index (χ4n) is 1.51. The molecule has 0 aliphatic heterocycles. The molecule has 0 spiro atoms. The zero-order chi connectivity index (χ0) is 9.97. The fourth-order valence-corrected chi connectivity index (χ4v) is 2.17. The normalized spacial score (nSPS) is 18.0. The largest absolute Gasteiger partial charge is 0.480 e. The molecule has 1 aromatic heterocycles. The van der Waals surface area contributed by atoms with Gasteiger partial charge in [0.2, 0.25) is 0 Å². The van der Waals surface area contributed by atoms with Gasteiger partial charge in [0.25, 0.3) is 0 Å². The van der Waals surface area contributed by atoms with E-state index < -0.39 is 5.97 Å². The van der Waals surface area contributed by atoms with Gasteiger partial charge in [0.1, 0.15) is 6.04 Å². The molecule has 1 heterocycles. The summed E-state index contributed by atoms with van der Waals surface area (Å²) < 4.78 is 0. The lowest BCUT2D eigenvalue weighted by atomic mass is 10.2. The van der Waals surface area contributed by atoms with Crippen LogP contribution in [0.1, 0.15) is 18.4 Å². The van der Waals surface area contributed by atoms with Gasteiger partial charge in [0, 0.05) is 6.54 Å². The Morgan fingerprint density at radius 1 is 1.71 bits per heavy atom. The molecule has 1 saturated carbocycles. The molecule has 1 fully saturated rings. The van der Waals surface area contributed by atoms with Crippen LogP contribution in [0.5, 0.6) is 0 Å². The Labute approximate surface area is 86.8 Å². The van der Waals surface area contributed by atoms with Crippen LogP contribution >= 0.6 is 11.3 Å². The monoisotopic (exact) mass is 211 g/mol. The molecule has 1 aliphatic rings. The number of carboxylic acid groups (broad SMARTS) is 1. The highest BCUT2D eigenvalue weighted by Crippen LogP contribution is 2.32. The summed E-state index contributed by atoms with van der Waals surface area (Å²) in [5.41, 5.74) is 1.17. The van der Waals surface area contributed by atoms with Gasteiger partial charge in [-0.3, -0.25) is 4.79 Å². The zero-order valence-electron chi connectivity index (χ0n) is 7.77. The fraction of sp³-hybridized carbons (Fsp3) is 0.500. The van der Waals surface area contributed by atoms with Crippen LogP contribution in [-0.2, 0) is 11.3 Å². The lowest BCUT2D eigenvalue weighted by molar-refractivity contribution is -0.140. The first-order chi connectivity index (χ1) is 6.77. The summed E-state index contributed by atoms with van der Waals surface area (Å²) in [4.78, 5) is 10.9. The van der Waals surface area contributed by atoms with E-state index in [1.807, 2.05) is 16.8 Å². The van der Waals surface area contributed by atoms with Crippen LogP contribution in [0.25, 0.3) is 0 Å². The highest BCUT2D eigenvalue weighted by molar-refractivity contribution is 7.07. The predicted molar refractivity (Wildman–Crippen MR) is 55.3 cm³/mol. The number of hydrogen-bond acceptors (Lipinski definition) is 3. The van der Waals surface area contributed by atoms with E-state index in [9.17, 15) is 4.79 Å². The molecule has 1 unspecified atom stereocenters. The van der Waals surface area contributed by atoms with E-state index in [0.29, 0.717) is 12.5 Å². The molecule has 1 aliphatic carbocycles. The Morgan fingerprint density at radius 3 is 3.00 bits per heavy atom. The van der Waals surface area contributed by atoms with Crippen molar-refractivity contribution in [2.24, 2.45) is 5.92 Å². The molecule has 0 aromatic carbocycles. The number of carboxylic acids is 1. The van der Waals surface area contributed by atoms with E-state index in [1.54, 1.807) is 11.3 Å². The third-order valence-electron chi connectivity index (χ3n) is 2.47. The number of hydrogen-bond donors (Lipinski definition) is 2. The summed E-state index contributed by atoms with van der Waals surface area (Å²) in [5.74, 6) is -0.367. The van der Waals surface area contributed by atoms with E-state index in [4.69, 9.17) is 5.11 Å². The van der Waals surface area contributed by atoms with Crippen molar-refractivity contribution in [3.05, 3.63) is 22.4 Å². The van der Waals surface area contributed by atoms with E-state index in [2.05, 4.69) is 5.32 Å². The molecule has 76 valence electrons. The van der Waals surface area contributed by atoms with Gasteiger partial charge in [-0.15, -0.1) is 0 Å². The first-order valence-corrected chi connectivity index (χ1v) is 5.69. The second-order valence-electron chi connectivity index (χ2n) is 3.67. The third-order valence-corrected chi connectivity index (χ3v) is 3.20. The van der Waals surface area contributed by atoms with Crippen molar-refractivity contribution in [3.63, 3.8) is 0 Å². The van der Waals surface area contributed by atoms with Crippen molar-refractivity contribution >= 4 is 17.3 Å². The van der Waals surface area contributed by atoms with Crippen molar-refractivity contribution in [2.75, 3.05) is 0 Å². The topological polar surface area (TPSA) is 49.3 Å². The van der Waals surface area contributed by atoms with Crippen LogP contribution < -0.4 is 5.32 Å². The summed E-state index contributed by atoms with van der Waals surface area (Å²) in [6, 6.07) is 1.67. The smallest absolute Gasteiger partial charge is 0.320 e. The van der Waals surface area contributed by atoms with Gasteiger partial charge >= 0.3 is 5.97 Å². The van der Waals surface area contributed by atoms with Gasteiger partial charge in [-0.1, -0.05) is 0 Å². The Bertz CT molecular complexity index is 306. The second kappa shape index (κ2) is 4.11. The van der Waals surface area contributed by atoms with E-state index in [1.165, 1.54) is 5.56 Å². The van der Waals surface area contributed by atoms with Crippen LogP contribution in [0.4, 0.5) is 0 Å². The minimum atomic E-state index is -0.720. The standard InChI is InChI=1S/C10H13NO2S/c12-10(13)9(8-1-2-8)11-5-7-3-4-14-6-7/h3-4,6,8-9,11H,1-2,5H2,(H,12,13). The van der Waals surface area contributed by atoms with Crippen LogP contribution in [-0.4, -0.2) is 17.1 Å². The Balaban J connectivity index is 1.85. The Hall–Kier alpha value is -0.870. The van der Waals surface area contributed by atoms with Crippen LogP contribution in [0.15, 0.2) is 16.8 Å². The number of nitrogens with one attached hydrogen (secondary N) is 1. The van der Waals surface area contributed by atoms with Gasteiger partial charge in [0.05, 0.1) is 0 Å². The highest BCUT2D eigenvalue weighted by atomic mass is 32.1. The summed E-state index contributed by atoms with van der Waals surface area (Å²) in [6.45, 7) is 0.664. The summed E-state index contributed by atoms with van der Waals surface area (Å²) in [5, 5.41) is 16.1. The SMILES string of the molecule is O=C(O)C(NCc1ccsc1)C1CC1. The van der Waals surface area contributed by atoms with Gasteiger partial charge in [-0.2, -0.15) is 11.3 Å². The van der Waals surface area contributed by atoms with E-state index >= 15 is 0 Å². The second-order valence-corrected chi connectivity index (χ2v) is 4.45. The van der Waals surface area contributed by atoms with Crippen molar-refractivity contribution in [1.29, 1.82) is 0 Å². The van der Waals surface area contributed by atoms with Gasteiger partial charge in [-0.25, -0.2) is 0 Å². The average molecular weight is 211 g/mol. The maximum absolute atomic E-state index is 10.9. The maximum Gasteiger partial charge on any atom is 0.320 e. The van der Waals surface area contributed by atoms with E-state index in [-0.39, 0.29) is 6.04 Å².